The Morgan fingerprint density at radius 2 is 1.93 bits per heavy atom. The highest BCUT2D eigenvalue weighted by atomic mass is 35.5. The zero-order valence-corrected chi connectivity index (χ0v) is 15.5. The Morgan fingerprint density at radius 3 is 2.63 bits per heavy atom. The summed E-state index contributed by atoms with van der Waals surface area (Å²) in [6, 6.07) is 9.07. The lowest BCUT2D eigenvalue weighted by molar-refractivity contribution is -0.140. The summed E-state index contributed by atoms with van der Waals surface area (Å²) in [6.45, 7) is 2.05. The van der Waals surface area contributed by atoms with E-state index in [4.69, 9.17) is 4.74 Å². The molecule has 0 atom stereocenters. The summed E-state index contributed by atoms with van der Waals surface area (Å²) < 4.78 is 56.7. The van der Waals surface area contributed by atoms with Crippen LogP contribution in [-0.4, -0.2) is 25.1 Å². The van der Waals surface area contributed by atoms with E-state index < -0.39 is 17.6 Å². The van der Waals surface area contributed by atoms with Gasteiger partial charge in [0.05, 0.1) is 12.2 Å². The average Bonchev–Trinajstić information content (AvgIpc) is 3.01. The van der Waals surface area contributed by atoms with Gasteiger partial charge in [0.15, 0.2) is 0 Å². The van der Waals surface area contributed by atoms with E-state index in [0.717, 1.165) is 37.5 Å². The van der Waals surface area contributed by atoms with E-state index in [1.54, 1.807) is 12.2 Å². The second-order valence-electron chi connectivity index (χ2n) is 6.38. The van der Waals surface area contributed by atoms with Crippen LogP contribution in [0.1, 0.15) is 22.3 Å². The Bertz CT molecular complexity index is 820. The van der Waals surface area contributed by atoms with Crippen LogP contribution >= 0.6 is 12.4 Å². The van der Waals surface area contributed by atoms with Crippen LogP contribution < -0.4 is 4.74 Å². The van der Waals surface area contributed by atoms with E-state index in [0.29, 0.717) is 12.1 Å². The third-order valence-corrected chi connectivity index (χ3v) is 4.23. The topological polar surface area (TPSA) is 12.5 Å². The molecule has 2 aromatic carbocycles. The van der Waals surface area contributed by atoms with Crippen LogP contribution in [-0.2, 0) is 19.1 Å². The molecule has 0 unspecified atom stereocenters. The zero-order chi connectivity index (χ0) is 18.7. The number of hydrogen-bond acceptors (Lipinski definition) is 2. The molecule has 0 N–H and O–H groups in total. The number of nitrogens with zero attached hydrogens (tertiary/aromatic N) is 1. The fraction of sp³-hybridized carbons (Fsp3) is 0.300. The minimum Gasteiger partial charge on any atom is -0.493 e. The number of likely N-dealkylation sites (N-methyl/N-ethyl adjacent to an activating group) is 1. The van der Waals surface area contributed by atoms with Crippen molar-refractivity contribution in [1.29, 1.82) is 0 Å². The van der Waals surface area contributed by atoms with Gasteiger partial charge in [-0.3, -0.25) is 4.90 Å². The summed E-state index contributed by atoms with van der Waals surface area (Å²) in [5, 5.41) is 0. The maximum Gasteiger partial charge on any atom is 0.419 e. The smallest absolute Gasteiger partial charge is 0.419 e. The molecule has 1 aliphatic heterocycles. The van der Waals surface area contributed by atoms with Crippen molar-refractivity contribution < 1.29 is 22.3 Å². The summed E-state index contributed by atoms with van der Waals surface area (Å²) in [7, 11) is 1.95. The van der Waals surface area contributed by atoms with Gasteiger partial charge in [0.25, 0.3) is 0 Å². The number of rotatable bonds is 5. The quantitative estimate of drug-likeness (QED) is 0.626. The summed E-state index contributed by atoms with van der Waals surface area (Å²) in [5.41, 5.74) is 1.54. The van der Waals surface area contributed by atoms with Gasteiger partial charge in [0.2, 0.25) is 0 Å². The molecule has 2 nitrogen and oxygen atoms in total. The molecule has 0 aliphatic carbocycles. The summed E-state index contributed by atoms with van der Waals surface area (Å²) in [4.78, 5) is 2.06. The highest BCUT2D eigenvalue weighted by Gasteiger charge is 2.33. The number of hydrogen-bond donors (Lipinski definition) is 0. The van der Waals surface area contributed by atoms with Crippen LogP contribution in [0.25, 0.3) is 6.08 Å². The SMILES string of the molecule is CN(C/C=C/c1ccc(C(F)(F)F)c(F)c1)Cc1ccc2c(c1)CCO2.Cl. The van der Waals surface area contributed by atoms with E-state index in [-0.39, 0.29) is 12.4 Å². The molecule has 0 spiro atoms. The Hall–Kier alpha value is -2.05. The number of fused-ring (bicyclic) bond motifs is 1. The monoisotopic (exact) mass is 401 g/mol. The fourth-order valence-corrected chi connectivity index (χ4v) is 2.95. The Labute approximate surface area is 161 Å². The van der Waals surface area contributed by atoms with Gasteiger partial charge in [-0.2, -0.15) is 13.2 Å². The summed E-state index contributed by atoms with van der Waals surface area (Å²) in [6.07, 6.45) is -0.325. The molecule has 1 aliphatic rings. The van der Waals surface area contributed by atoms with Gasteiger partial charge >= 0.3 is 6.18 Å². The van der Waals surface area contributed by atoms with Gasteiger partial charge < -0.3 is 4.74 Å². The average molecular weight is 402 g/mol. The predicted molar refractivity (Wildman–Crippen MR) is 99.7 cm³/mol. The predicted octanol–water partition coefficient (Wildman–Crippen LogP) is 5.35. The third kappa shape index (κ3) is 5.47. The molecule has 3 rings (SSSR count). The van der Waals surface area contributed by atoms with Crippen molar-refractivity contribution in [3.8, 4) is 5.75 Å². The summed E-state index contributed by atoms with van der Waals surface area (Å²) >= 11 is 0. The second-order valence-corrected chi connectivity index (χ2v) is 6.38. The molecule has 0 bridgehead atoms. The van der Waals surface area contributed by atoms with E-state index >= 15 is 0 Å². The van der Waals surface area contributed by atoms with Gasteiger partial charge in [-0.25, -0.2) is 4.39 Å². The third-order valence-electron chi connectivity index (χ3n) is 4.23. The van der Waals surface area contributed by atoms with Crippen molar-refractivity contribution in [2.75, 3.05) is 20.2 Å². The fourth-order valence-electron chi connectivity index (χ4n) is 2.95. The van der Waals surface area contributed by atoms with Crippen LogP contribution in [0.3, 0.4) is 0 Å². The number of benzene rings is 2. The molecule has 2 aromatic rings. The molecule has 0 radical (unpaired) electrons. The lowest BCUT2D eigenvalue weighted by Gasteiger charge is -2.15. The Morgan fingerprint density at radius 1 is 1.15 bits per heavy atom. The van der Waals surface area contributed by atoms with E-state index in [9.17, 15) is 17.6 Å². The molecule has 0 saturated carbocycles. The maximum atomic E-state index is 13.6. The molecule has 27 heavy (non-hydrogen) atoms. The first-order valence-corrected chi connectivity index (χ1v) is 8.29. The molecule has 0 fully saturated rings. The standard InChI is InChI=1S/C20H19F4NO.ClH/c1-25(13-15-5-7-19-16(11-15)8-10-26-19)9-2-3-14-4-6-17(18(21)12-14)20(22,23)24;/h2-7,11-12H,8-10,13H2,1H3;1H/b3-2+;. The number of alkyl halides is 3. The van der Waals surface area contributed by atoms with E-state index in [1.165, 1.54) is 17.2 Å². The first-order chi connectivity index (χ1) is 12.3. The van der Waals surface area contributed by atoms with Crippen molar-refractivity contribution in [1.82, 2.24) is 4.90 Å². The van der Waals surface area contributed by atoms with Gasteiger partial charge in [0.1, 0.15) is 11.6 Å². The number of halogens is 5. The Balaban J connectivity index is 0.00000261. The lowest BCUT2D eigenvalue weighted by Crippen LogP contribution is -2.17. The molecule has 1 heterocycles. The largest absolute Gasteiger partial charge is 0.493 e. The molecule has 146 valence electrons. The molecule has 0 saturated heterocycles. The zero-order valence-electron chi connectivity index (χ0n) is 14.7. The van der Waals surface area contributed by atoms with E-state index in [2.05, 4.69) is 11.0 Å². The maximum absolute atomic E-state index is 13.6. The van der Waals surface area contributed by atoms with Gasteiger partial charge in [0, 0.05) is 19.5 Å². The van der Waals surface area contributed by atoms with Crippen molar-refractivity contribution >= 4 is 18.5 Å². The van der Waals surface area contributed by atoms with Gasteiger partial charge in [-0.1, -0.05) is 30.4 Å². The van der Waals surface area contributed by atoms with Gasteiger partial charge in [-0.05, 0) is 41.9 Å². The highest BCUT2D eigenvalue weighted by molar-refractivity contribution is 5.85. The Kier molecular flexibility index (Phi) is 6.89. The van der Waals surface area contributed by atoms with E-state index in [1.807, 2.05) is 19.2 Å². The minimum absolute atomic E-state index is 0. The molecular weight excluding hydrogens is 382 g/mol. The lowest BCUT2D eigenvalue weighted by atomic mass is 10.1. The van der Waals surface area contributed by atoms with Crippen molar-refractivity contribution in [3.05, 3.63) is 70.5 Å². The first-order valence-electron chi connectivity index (χ1n) is 8.29. The van der Waals surface area contributed by atoms with Gasteiger partial charge in [-0.15, -0.1) is 12.4 Å². The van der Waals surface area contributed by atoms with Crippen molar-refractivity contribution in [3.63, 3.8) is 0 Å². The molecule has 0 aromatic heterocycles. The second kappa shape index (κ2) is 8.76. The van der Waals surface area contributed by atoms with Crippen LogP contribution in [0.4, 0.5) is 17.6 Å². The van der Waals surface area contributed by atoms with Crippen molar-refractivity contribution in [2.24, 2.45) is 0 Å². The highest BCUT2D eigenvalue weighted by Crippen LogP contribution is 2.31. The first kappa shape index (κ1) is 21.3. The van der Waals surface area contributed by atoms with Crippen LogP contribution in [0.2, 0.25) is 0 Å². The van der Waals surface area contributed by atoms with Crippen LogP contribution in [0.15, 0.2) is 42.5 Å². The summed E-state index contributed by atoms with van der Waals surface area (Å²) in [5.74, 6) is -0.311. The molecule has 0 amide bonds. The molecular formula is C20H20ClF4NO. The number of ether oxygens (including phenoxy) is 1. The minimum atomic E-state index is -4.67. The van der Waals surface area contributed by atoms with Crippen LogP contribution in [0.5, 0.6) is 5.75 Å². The molecule has 7 heteroatoms. The van der Waals surface area contributed by atoms with Crippen molar-refractivity contribution in [2.45, 2.75) is 19.1 Å². The van der Waals surface area contributed by atoms with Crippen LogP contribution in [0, 0.1) is 5.82 Å². The normalized spacial score (nSPS) is 13.6.